The van der Waals surface area contributed by atoms with Crippen LogP contribution in [0.15, 0.2) is 54.6 Å². The van der Waals surface area contributed by atoms with Crippen LogP contribution in [0.2, 0.25) is 0 Å². The molecular weight excluding hydrogens is 238 g/mol. The van der Waals surface area contributed by atoms with Gasteiger partial charge in [0.15, 0.2) is 5.78 Å². The summed E-state index contributed by atoms with van der Waals surface area (Å²) in [5.41, 5.74) is 1.83. The van der Waals surface area contributed by atoms with Gasteiger partial charge in [-0.05, 0) is 12.1 Å². The van der Waals surface area contributed by atoms with Crippen LogP contribution < -0.4 is 5.32 Å². The standard InChI is InChI=1S/C16H17NO2/c18-15-8-4-7-14(11-15)16(19)9-10-17-12-13-5-2-1-3-6-13/h1-8,11,17-18H,9-10,12H2/p+1. The van der Waals surface area contributed by atoms with E-state index in [4.69, 9.17) is 0 Å². The summed E-state index contributed by atoms with van der Waals surface area (Å²) in [4.78, 5) is 11.9. The Hall–Kier alpha value is -2.13. The molecule has 0 spiro atoms. The second kappa shape index (κ2) is 6.71. The zero-order valence-electron chi connectivity index (χ0n) is 10.8. The second-order valence-electron chi connectivity index (χ2n) is 4.49. The van der Waals surface area contributed by atoms with E-state index in [0.29, 0.717) is 12.0 Å². The van der Waals surface area contributed by atoms with E-state index in [1.54, 1.807) is 18.2 Å². The Morgan fingerprint density at radius 2 is 1.84 bits per heavy atom. The summed E-state index contributed by atoms with van der Waals surface area (Å²) in [6, 6.07) is 16.7. The van der Waals surface area contributed by atoms with Gasteiger partial charge in [-0.1, -0.05) is 42.5 Å². The molecule has 0 amide bonds. The third-order valence-corrected chi connectivity index (χ3v) is 2.97. The van der Waals surface area contributed by atoms with Gasteiger partial charge in [-0.3, -0.25) is 4.79 Å². The van der Waals surface area contributed by atoms with Crippen LogP contribution in [0.5, 0.6) is 5.75 Å². The Kier molecular flexibility index (Phi) is 4.70. The fourth-order valence-electron chi connectivity index (χ4n) is 1.94. The van der Waals surface area contributed by atoms with Crippen molar-refractivity contribution in [1.82, 2.24) is 0 Å². The molecule has 0 aliphatic heterocycles. The molecule has 0 saturated carbocycles. The van der Waals surface area contributed by atoms with Crippen molar-refractivity contribution in [2.24, 2.45) is 0 Å². The molecular formula is C16H18NO2+. The number of carbonyl (C=O) groups excluding carboxylic acids is 1. The molecule has 0 fully saturated rings. The van der Waals surface area contributed by atoms with Crippen molar-refractivity contribution >= 4 is 5.78 Å². The van der Waals surface area contributed by atoms with E-state index in [-0.39, 0.29) is 11.5 Å². The minimum Gasteiger partial charge on any atom is -0.508 e. The van der Waals surface area contributed by atoms with Crippen LogP contribution in [-0.2, 0) is 6.54 Å². The molecule has 0 saturated heterocycles. The van der Waals surface area contributed by atoms with Gasteiger partial charge in [-0.15, -0.1) is 0 Å². The zero-order chi connectivity index (χ0) is 13.5. The number of phenols is 1. The lowest BCUT2D eigenvalue weighted by Crippen LogP contribution is -2.82. The van der Waals surface area contributed by atoms with Crippen LogP contribution in [0.25, 0.3) is 0 Å². The highest BCUT2D eigenvalue weighted by Gasteiger charge is 2.07. The predicted octanol–water partition coefficient (Wildman–Crippen LogP) is 1.73. The molecule has 0 atom stereocenters. The van der Waals surface area contributed by atoms with Crippen LogP contribution >= 0.6 is 0 Å². The van der Waals surface area contributed by atoms with Gasteiger partial charge in [0, 0.05) is 11.1 Å². The van der Waals surface area contributed by atoms with Gasteiger partial charge in [0.1, 0.15) is 12.3 Å². The van der Waals surface area contributed by atoms with Gasteiger partial charge < -0.3 is 10.4 Å². The fourth-order valence-corrected chi connectivity index (χ4v) is 1.94. The molecule has 0 aliphatic carbocycles. The summed E-state index contributed by atoms with van der Waals surface area (Å²) < 4.78 is 0. The number of benzene rings is 2. The first-order chi connectivity index (χ1) is 9.25. The number of aromatic hydroxyl groups is 1. The van der Waals surface area contributed by atoms with Crippen LogP contribution in [0.4, 0.5) is 0 Å². The minimum atomic E-state index is 0.0696. The van der Waals surface area contributed by atoms with Crippen molar-refractivity contribution in [1.29, 1.82) is 0 Å². The average molecular weight is 256 g/mol. The molecule has 19 heavy (non-hydrogen) atoms. The smallest absolute Gasteiger partial charge is 0.168 e. The second-order valence-corrected chi connectivity index (χ2v) is 4.49. The van der Waals surface area contributed by atoms with E-state index in [1.165, 1.54) is 11.6 Å². The van der Waals surface area contributed by atoms with Gasteiger partial charge in [0.2, 0.25) is 0 Å². The Balaban J connectivity index is 1.75. The third kappa shape index (κ3) is 4.23. The van der Waals surface area contributed by atoms with Crippen molar-refractivity contribution < 1.29 is 15.2 Å². The van der Waals surface area contributed by atoms with Crippen LogP contribution in [0, 0.1) is 0 Å². The van der Waals surface area contributed by atoms with Gasteiger partial charge in [0.05, 0.1) is 13.0 Å². The fraction of sp³-hybridized carbons (Fsp3) is 0.188. The SMILES string of the molecule is O=C(CC[NH2+]Cc1ccccc1)c1cccc(O)c1. The van der Waals surface area contributed by atoms with Gasteiger partial charge in [-0.2, -0.15) is 0 Å². The highest BCUT2D eigenvalue weighted by atomic mass is 16.3. The summed E-state index contributed by atoms with van der Waals surface area (Å²) in [6.07, 6.45) is 0.482. The molecule has 98 valence electrons. The average Bonchev–Trinajstić information content (AvgIpc) is 2.44. The molecule has 2 aromatic carbocycles. The van der Waals surface area contributed by atoms with E-state index >= 15 is 0 Å². The summed E-state index contributed by atoms with van der Waals surface area (Å²) in [5, 5.41) is 11.4. The molecule has 0 aliphatic rings. The number of carbonyl (C=O) groups is 1. The summed E-state index contributed by atoms with van der Waals surface area (Å²) in [6.45, 7) is 1.64. The molecule has 0 aromatic heterocycles. The largest absolute Gasteiger partial charge is 0.508 e. The van der Waals surface area contributed by atoms with E-state index in [9.17, 15) is 9.90 Å². The van der Waals surface area contributed by atoms with E-state index in [0.717, 1.165) is 13.1 Å². The Morgan fingerprint density at radius 3 is 2.58 bits per heavy atom. The molecule has 0 radical (unpaired) electrons. The summed E-state index contributed by atoms with van der Waals surface area (Å²) in [7, 11) is 0. The molecule has 3 heteroatoms. The molecule has 0 heterocycles. The number of phenolic OH excluding ortho intramolecular Hbond substituents is 1. The zero-order valence-corrected chi connectivity index (χ0v) is 10.8. The number of rotatable bonds is 6. The van der Waals surface area contributed by atoms with Crippen LogP contribution in [0.3, 0.4) is 0 Å². The van der Waals surface area contributed by atoms with Crippen molar-refractivity contribution in [3.63, 3.8) is 0 Å². The lowest BCUT2D eigenvalue weighted by Gasteiger charge is -2.02. The van der Waals surface area contributed by atoms with Gasteiger partial charge in [0.25, 0.3) is 0 Å². The first-order valence-corrected chi connectivity index (χ1v) is 6.43. The normalized spacial score (nSPS) is 10.3. The molecule has 2 rings (SSSR count). The minimum absolute atomic E-state index is 0.0696. The number of hydrogen-bond donors (Lipinski definition) is 2. The molecule has 0 bridgehead atoms. The number of quaternary nitrogens is 1. The number of ketones is 1. The van der Waals surface area contributed by atoms with Crippen LogP contribution in [-0.4, -0.2) is 17.4 Å². The maximum Gasteiger partial charge on any atom is 0.168 e. The molecule has 2 aromatic rings. The number of Topliss-reactive ketones (excluding diaryl/α,β-unsaturated/α-hetero) is 1. The first-order valence-electron chi connectivity index (χ1n) is 6.43. The quantitative estimate of drug-likeness (QED) is 0.611. The summed E-state index contributed by atoms with van der Waals surface area (Å²) >= 11 is 0. The topological polar surface area (TPSA) is 53.9 Å². The maximum atomic E-state index is 11.9. The van der Waals surface area contributed by atoms with Crippen molar-refractivity contribution in [2.45, 2.75) is 13.0 Å². The van der Waals surface area contributed by atoms with Crippen molar-refractivity contribution in [2.75, 3.05) is 6.54 Å². The van der Waals surface area contributed by atoms with Gasteiger partial charge >= 0.3 is 0 Å². The third-order valence-electron chi connectivity index (χ3n) is 2.97. The Bertz CT molecular complexity index is 537. The van der Waals surface area contributed by atoms with Crippen LogP contribution in [0.1, 0.15) is 22.3 Å². The lowest BCUT2D eigenvalue weighted by atomic mass is 10.1. The van der Waals surface area contributed by atoms with Crippen molar-refractivity contribution in [3.05, 3.63) is 65.7 Å². The highest BCUT2D eigenvalue weighted by molar-refractivity contribution is 5.96. The lowest BCUT2D eigenvalue weighted by molar-refractivity contribution is -0.669. The number of hydrogen-bond acceptors (Lipinski definition) is 2. The Labute approximate surface area is 112 Å². The van der Waals surface area contributed by atoms with E-state index < -0.39 is 0 Å². The summed E-state index contributed by atoms with van der Waals surface area (Å²) in [5.74, 6) is 0.208. The predicted molar refractivity (Wildman–Crippen MR) is 74.0 cm³/mol. The van der Waals surface area contributed by atoms with Crippen molar-refractivity contribution in [3.8, 4) is 5.75 Å². The van der Waals surface area contributed by atoms with E-state index in [2.05, 4.69) is 17.4 Å². The highest BCUT2D eigenvalue weighted by Crippen LogP contribution is 2.12. The molecule has 3 N–H and O–H groups in total. The first kappa shape index (κ1) is 13.3. The number of nitrogens with two attached hydrogens (primary N) is 1. The monoisotopic (exact) mass is 256 g/mol. The molecule has 0 unspecified atom stereocenters. The Morgan fingerprint density at radius 1 is 1.05 bits per heavy atom. The van der Waals surface area contributed by atoms with E-state index in [1.807, 2.05) is 18.2 Å². The van der Waals surface area contributed by atoms with Gasteiger partial charge in [-0.25, -0.2) is 0 Å². The maximum absolute atomic E-state index is 11.9. The molecule has 3 nitrogen and oxygen atoms in total.